The van der Waals surface area contributed by atoms with Gasteiger partial charge in [-0.3, -0.25) is 4.79 Å². The molecule has 0 saturated carbocycles. The maximum absolute atomic E-state index is 13.0. The number of carbonyl (C=O) groups is 1. The number of carbonyl (C=O) groups excluding carboxylic acids is 1. The fourth-order valence-corrected chi connectivity index (χ4v) is 3.90. The summed E-state index contributed by atoms with van der Waals surface area (Å²) < 4.78 is 6.13. The van der Waals surface area contributed by atoms with Gasteiger partial charge in [-0.25, -0.2) is 0 Å². The Morgan fingerprint density at radius 2 is 1.96 bits per heavy atom. The van der Waals surface area contributed by atoms with Crippen LogP contribution in [0.5, 0.6) is 5.75 Å². The van der Waals surface area contributed by atoms with Crippen molar-refractivity contribution in [3.8, 4) is 5.75 Å². The van der Waals surface area contributed by atoms with Crippen molar-refractivity contribution in [2.24, 2.45) is 5.92 Å². The number of hydrogen-bond acceptors (Lipinski definition) is 3. The van der Waals surface area contributed by atoms with Crippen LogP contribution in [0.2, 0.25) is 5.02 Å². The average molecular weight is 374 g/mol. The molecule has 2 aliphatic heterocycles. The van der Waals surface area contributed by atoms with Crippen molar-refractivity contribution in [3.05, 3.63) is 59.1 Å². The van der Waals surface area contributed by atoms with Crippen LogP contribution in [0.25, 0.3) is 0 Å². The fourth-order valence-electron chi connectivity index (χ4n) is 3.44. The molecule has 128 valence electrons. The first-order chi connectivity index (χ1) is 12.0. The van der Waals surface area contributed by atoms with Crippen molar-refractivity contribution in [3.63, 3.8) is 0 Å². The zero-order chi connectivity index (χ0) is 17.6. The summed E-state index contributed by atoms with van der Waals surface area (Å²) in [4.78, 5) is 13.0. The first-order valence-corrected chi connectivity index (χ1v) is 8.68. The SMILES string of the molecule is C[C@]12NC(=S)N[C@H](c3ccccc3O1)[C@@H]2C(=O)Nc1ccc(Cl)cc1. The van der Waals surface area contributed by atoms with Gasteiger partial charge < -0.3 is 20.7 Å². The highest BCUT2D eigenvalue weighted by Crippen LogP contribution is 2.44. The summed E-state index contributed by atoms with van der Waals surface area (Å²) in [5.74, 6) is 0.0737. The van der Waals surface area contributed by atoms with Crippen molar-refractivity contribution >= 4 is 40.5 Å². The Morgan fingerprint density at radius 3 is 2.72 bits per heavy atom. The van der Waals surface area contributed by atoms with E-state index in [2.05, 4.69) is 16.0 Å². The van der Waals surface area contributed by atoms with Crippen LogP contribution in [0.15, 0.2) is 48.5 Å². The number of hydrogen-bond donors (Lipinski definition) is 3. The first kappa shape index (κ1) is 16.2. The topological polar surface area (TPSA) is 62.4 Å². The Bertz CT molecular complexity index is 858. The second-order valence-corrected chi connectivity index (χ2v) is 7.14. The van der Waals surface area contributed by atoms with Crippen LogP contribution in [-0.4, -0.2) is 16.7 Å². The van der Waals surface area contributed by atoms with Crippen molar-refractivity contribution in [1.29, 1.82) is 0 Å². The Balaban J connectivity index is 1.69. The monoisotopic (exact) mass is 373 g/mol. The highest BCUT2D eigenvalue weighted by atomic mass is 35.5. The zero-order valence-corrected chi connectivity index (χ0v) is 14.9. The van der Waals surface area contributed by atoms with Gasteiger partial charge >= 0.3 is 0 Å². The number of para-hydroxylation sites is 1. The maximum Gasteiger partial charge on any atom is 0.236 e. The normalized spacial score (nSPS) is 26.6. The number of halogens is 1. The van der Waals surface area contributed by atoms with Crippen molar-refractivity contribution in [2.75, 3.05) is 5.32 Å². The summed E-state index contributed by atoms with van der Waals surface area (Å²) in [7, 11) is 0. The van der Waals surface area contributed by atoms with Gasteiger partial charge in [0, 0.05) is 16.3 Å². The Hall–Kier alpha value is -2.31. The molecule has 2 heterocycles. The molecule has 0 spiro atoms. The number of fused-ring (bicyclic) bond motifs is 4. The zero-order valence-electron chi connectivity index (χ0n) is 13.4. The summed E-state index contributed by atoms with van der Waals surface area (Å²) in [6.07, 6.45) is 0. The van der Waals surface area contributed by atoms with E-state index >= 15 is 0 Å². The Kier molecular flexibility index (Phi) is 3.81. The van der Waals surface area contributed by atoms with E-state index in [1.165, 1.54) is 0 Å². The molecule has 4 rings (SSSR count). The van der Waals surface area contributed by atoms with Gasteiger partial charge in [0.25, 0.3) is 0 Å². The number of benzene rings is 2. The molecule has 3 N–H and O–H groups in total. The second kappa shape index (κ2) is 5.89. The van der Waals surface area contributed by atoms with Gasteiger partial charge in [0.15, 0.2) is 10.8 Å². The molecule has 0 unspecified atom stereocenters. The third-order valence-electron chi connectivity index (χ3n) is 4.55. The lowest BCUT2D eigenvalue weighted by Crippen LogP contribution is -2.70. The summed E-state index contributed by atoms with van der Waals surface area (Å²) in [5, 5.41) is 10.3. The van der Waals surface area contributed by atoms with E-state index in [1.54, 1.807) is 24.3 Å². The number of anilines is 1. The van der Waals surface area contributed by atoms with Crippen LogP contribution in [-0.2, 0) is 4.79 Å². The number of rotatable bonds is 2. The second-order valence-electron chi connectivity index (χ2n) is 6.30. The maximum atomic E-state index is 13.0. The smallest absolute Gasteiger partial charge is 0.236 e. The minimum Gasteiger partial charge on any atom is -0.467 e. The standard InChI is InChI=1S/C18H16ClN3O2S/c1-18-14(16(23)20-11-8-6-10(19)7-9-11)15(21-17(25)22-18)12-4-2-3-5-13(12)24-18/h2-9,14-15H,1H3,(H,20,23)(H2,21,22,25)/t14-,15-,18+/m1/s1. The van der Waals surface area contributed by atoms with Gasteiger partial charge in [-0.1, -0.05) is 29.8 Å². The van der Waals surface area contributed by atoms with Crippen LogP contribution in [0.4, 0.5) is 5.69 Å². The molecular weight excluding hydrogens is 358 g/mol. The summed E-state index contributed by atoms with van der Waals surface area (Å²) in [5.41, 5.74) is 0.662. The lowest BCUT2D eigenvalue weighted by molar-refractivity contribution is -0.132. The van der Waals surface area contributed by atoms with Gasteiger partial charge in [0.05, 0.1) is 6.04 Å². The Morgan fingerprint density at radius 1 is 1.24 bits per heavy atom. The van der Waals surface area contributed by atoms with Crippen LogP contribution < -0.4 is 20.7 Å². The number of nitrogens with one attached hydrogen (secondary N) is 3. The molecule has 2 aromatic carbocycles. The predicted molar refractivity (Wildman–Crippen MR) is 101 cm³/mol. The quantitative estimate of drug-likeness (QED) is 0.705. The summed E-state index contributed by atoms with van der Waals surface area (Å²) in [6.45, 7) is 1.84. The molecule has 0 aliphatic carbocycles. The molecular formula is C18H16ClN3O2S. The number of thiocarbonyl (C=S) groups is 1. The van der Waals surface area contributed by atoms with E-state index < -0.39 is 11.6 Å². The molecule has 25 heavy (non-hydrogen) atoms. The minimum absolute atomic E-state index is 0.160. The fraction of sp³-hybridized carbons (Fsp3) is 0.222. The van der Waals surface area contributed by atoms with Crippen LogP contribution in [0.1, 0.15) is 18.5 Å². The van der Waals surface area contributed by atoms with Crippen LogP contribution in [0.3, 0.4) is 0 Å². The van der Waals surface area contributed by atoms with Gasteiger partial charge in [0.2, 0.25) is 5.91 Å². The van der Waals surface area contributed by atoms with E-state index in [9.17, 15) is 4.79 Å². The molecule has 1 fully saturated rings. The van der Waals surface area contributed by atoms with E-state index in [-0.39, 0.29) is 11.9 Å². The van der Waals surface area contributed by atoms with E-state index in [1.807, 2.05) is 31.2 Å². The third-order valence-corrected chi connectivity index (χ3v) is 5.02. The van der Waals surface area contributed by atoms with E-state index in [4.69, 9.17) is 28.6 Å². The van der Waals surface area contributed by atoms with Crippen molar-refractivity contribution < 1.29 is 9.53 Å². The van der Waals surface area contributed by atoms with Gasteiger partial charge in [-0.15, -0.1) is 0 Å². The largest absolute Gasteiger partial charge is 0.467 e. The molecule has 7 heteroatoms. The molecule has 2 bridgehead atoms. The average Bonchev–Trinajstić information content (AvgIpc) is 2.55. The first-order valence-electron chi connectivity index (χ1n) is 7.89. The van der Waals surface area contributed by atoms with Crippen molar-refractivity contribution in [2.45, 2.75) is 18.7 Å². The molecule has 2 aromatic rings. The summed E-state index contributed by atoms with van der Waals surface area (Å²) >= 11 is 11.2. The van der Waals surface area contributed by atoms with E-state index in [0.717, 1.165) is 11.3 Å². The molecule has 3 atom stereocenters. The molecule has 2 aliphatic rings. The molecule has 0 radical (unpaired) electrons. The number of ether oxygens (including phenoxy) is 1. The highest BCUT2D eigenvalue weighted by Gasteiger charge is 2.54. The third kappa shape index (κ3) is 2.81. The lowest BCUT2D eigenvalue weighted by atomic mass is 9.80. The minimum atomic E-state index is -0.933. The van der Waals surface area contributed by atoms with Crippen LogP contribution >= 0.6 is 23.8 Å². The molecule has 1 amide bonds. The highest BCUT2D eigenvalue weighted by molar-refractivity contribution is 7.80. The predicted octanol–water partition coefficient (Wildman–Crippen LogP) is 3.22. The molecule has 0 aromatic heterocycles. The van der Waals surface area contributed by atoms with Gasteiger partial charge in [-0.2, -0.15) is 0 Å². The van der Waals surface area contributed by atoms with Crippen LogP contribution in [0, 0.1) is 5.92 Å². The summed E-state index contributed by atoms with van der Waals surface area (Å²) in [6, 6.07) is 14.4. The van der Waals surface area contributed by atoms with Gasteiger partial charge in [-0.05, 0) is 49.5 Å². The lowest BCUT2D eigenvalue weighted by Gasteiger charge is -2.50. The van der Waals surface area contributed by atoms with E-state index in [0.29, 0.717) is 15.8 Å². The van der Waals surface area contributed by atoms with Gasteiger partial charge in [0.1, 0.15) is 11.7 Å². The van der Waals surface area contributed by atoms with Crippen molar-refractivity contribution in [1.82, 2.24) is 10.6 Å². The molecule has 5 nitrogen and oxygen atoms in total. The Labute approximate surface area is 155 Å². The molecule has 1 saturated heterocycles. The number of amides is 1.